The molecular weight excluding hydrogens is 374 g/mol. The molecule has 1 amide bonds. The van der Waals surface area contributed by atoms with Gasteiger partial charge < -0.3 is 9.64 Å². The highest BCUT2D eigenvalue weighted by Gasteiger charge is 2.23. The molecule has 0 atom stereocenters. The third-order valence-corrected chi connectivity index (χ3v) is 5.69. The SMILES string of the molecule is Cc1ccc(-c2nccc(Oc3cccc(C(=O)N(C)C4CCCCC4)c3)n2)cc1. The van der Waals surface area contributed by atoms with Crippen LogP contribution in [-0.4, -0.2) is 33.9 Å². The topological polar surface area (TPSA) is 55.3 Å². The van der Waals surface area contributed by atoms with Crippen molar-refractivity contribution in [2.45, 2.75) is 45.1 Å². The number of hydrogen-bond acceptors (Lipinski definition) is 4. The van der Waals surface area contributed by atoms with Gasteiger partial charge in [-0.15, -0.1) is 0 Å². The molecule has 0 aliphatic heterocycles. The van der Waals surface area contributed by atoms with E-state index in [-0.39, 0.29) is 5.91 Å². The maximum Gasteiger partial charge on any atom is 0.253 e. The van der Waals surface area contributed by atoms with Crippen LogP contribution in [0.15, 0.2) is 60.8 Å². The molecule has 30 heavy (non-hydrogen) atoms. The van der Waals surface area contributed by atoms with Crippen LogP contribution in [0.2, 0.25) is 0 Å². The zero-order chi connectivity index (χ0) is 20.9. The fraction of sp³-hybridized carbons (Fsp3) is 0.320. The Kier molecular flexibility index (Phi) is 6.07. The Morgan fingerprint density at radius 3 is 2.57 bits per heavy atom. The Morgan fingerprint density at radius 2 is 1.80 bits per heavy atom. The average molecular weight is 402 g/mol. The molecule has 0 radical (unpaired) electrons. The van der Waals surface area contributed by atoms with Gasteiger partial charge in [-0.1, -0.05) is 55.2 Å². The van der Waals surface area contributed by atoms with Crippen LogP contribution in [0.25, 0.3) is 11.4 Å². The molecule has 1 heterocycles. The molecule has 0 unspecified atom stereocenters. The highest BCUT2D eigenvalue weighted by atomic mass is 16.5. The molecule has 5 nitrogen and oxygen atoms in total. The lowest BCUT2D eigenvalue weighted by molar-refractivity contribution is 0.0696. The maximum atomic E-state index is 13.0. The van der Waals surface area contributed by atoms with Crippen molar-refractivity contribution < 1.29 is 9.53 Å². The van der Waals surface area contributed by atoms with E-state index in [0.29, 0.717) is 29.1 Å². The van der Waals surface area contributed by atoms with E-state index in [2.05, 4.69) is 9.97 Å². The van der Waals surface area contributed by atoms with E-state index < -0.39 is 0 Å². The molecule has 3 aromatic rings. The van der Waals surface area contributed by atoms with Gasteiger partial charge in [0.15, 0.2) is 5.82 Å². The third-order valence-electron chi connectivity index (χ3n) is 5.69. The van der Waals surface area contributed by atoms with Gasteiger partial charge in [0, 0.05) is 36.5 Å². The third kappa shape index (κ3) is 4.67. The zero-order valence-electron chi connectivity index (χ0n) is 17.5. The molecule has 0 bridgehead atoms. The molecule has 2 aromatic carbocycles. The number of amides is 1. The summed E-state index contributed by atoms with van der Waals surface area (Å²) < 4.78 is 5.96. The molecule has 0 N–H and O–H groups in total. The molecule has 1 aliphatic rings. The Labute approximate surface area is 177 Å². The van der Waals surface area contributed by atoms with E-state index in [1.54, 1.807) is 18.3 Å². The van der Waals surface area contributed by atoms with E-state index in [0.717, 1.165) is 18.4 Å². The van der Waals surface area contributed by atoms with Crippen LogP contribution < -0.4 is 4.74 Å². The van der Waals surface area contributed by atoms with E-state index in [1.165, 1.54) is 24.8 Å². The number of nitrogens with zero attached hydrogens (tertiary/aromatic N) is 3. The van der Waals surface area contributed by atoms with Crippen LogP contribution >= 0.6 is 0 Å². The smallest absolute Gasteiger partial charge is 0.253 e. The average Bonchev–Trinajstić information content (AvgIpc) is 2.79. The van der Waals surface area contributed by atoms with Crippen molar-refractivity contribution >= 4 is 5.91 Å². The molecular formula is C25H27N3O2. The monoisotopic (exact) mass is 401 g/mol. The van der Waals surface area contributed by atoms with Crippen molar-refractivity contribution in [3.05, 3.63) is 71.9 Å². The van der Waals surface area contributed by atoms with Gasteiger partial charge in [-0.05, 0) is 38.0 Å². The van der Waals surface area contributed by atoms with Crippen LogP contribution in [0.3, 0.4) is 0 Å². The summed E-state index contributed by atoms with van der Waals surface area (Å²) in [6.45, 7) is 2.05. The standard InChI is InChI=1S/C25H27N3O2/c1-18-11-13-19(14-12-18)24-26-16-15-23(27-24)30-22-10-6-7-20(17-22)25(29)28(2)21-8-4-3-5-9-21/h6-7,10-17,21H,3-5,8-9H2,1-2H3. The van der Waals surface area contributed by atoms with Gasteiger partial charge in [0.05, 0.1) is 0 Å². The van der Waals surface area contributed by atoms with Gasteiger partial charge in [-0.3, -0.25) is 4.79 Å². The Bertz CT molecular complexity index is 1010. The highest BCUT2D eigenvalue weighted by Crippen LogP contribution is 2.26. The second-order valence-electron chi connectivity index (χ2n) is 7.92. The van der Waals surface area contributed by atoms with Crippen molar-refractivity contribution in [3.63, 3.8) is 0 Å². The van der Waals surface area contributed by atoms with Gasteiger partial charge in [0.25, 0.3) is 5.91 Å². The normalized spacial score (nSPS) is 14.3. The molecule has 154 valence electrons. The Morgan fingerprint density at radius 1 is 1.03 bits per heavy atom. The van der Waals surface area contributed by atoms with Crippen LogP contribution in [0.4, 0.5) is 0 Å². The molecule has 1 fully saturated rings. The summed E-state index contributed by atoms with van der Waals surface area (Å²) in [5.41, 5.74) is 2.75. The number of hydrogen-bond donors (Lipinski definition) is 0. The second-order valence-corrected chi connectivity index (χ2v) is 7.92. The number of aryl methyl sites for hydroxylation is 1. The number of rotatable bonds is 5. The van der Waals surface area contributed by atoms with Gasteiger partial charge in [0.2, 0.25) is 5.88 Å². The predicted molar refractivity (Wildman–Crippen MR) is 118 cm³/mol. The summed E-state index contributed by atoms with van der Waals surface area (Å²) in [6.07, 6.45) is 7.52. The summed E-state index contributed by atoms with van der Waals surface area (Å²) in [7, 11) is 1.91. The van der Waals surface area contributed by atoms with Crippen LogP contribution in [0.5, 0.6) is 11.6 Å². The fourth-order valence-corrected chi connectivity index (χ4v) is 3.89. The molecule has 0 saturated heterocycles. The number of carbonyl (C=O) groups excluding carboxylic acids is 1. The Hall–Kier alpha value is -3.21. The lowest BCUT2D eigenvalue weighted by Gasteiger charge is -2.31. The molecule has 4 rings (SSSR count). The fourth-order valence-electron chi connectivity index (χ4n) is 3.89. The van der Waals surface area contributed by atoms with E-state index >= 15 is 0 Å². The summed E-state index contributed by atoms with van der Waals surface area (Å²) >= 11 is 0. The van der Waals surface area contributed by atoms with Crippen LogP contribution in [-0.2, 0) is 0 Å². The minimum atomic E-state index is 0.0374. The minimum absolute atomic E-state index is 0.0374. The van der Waals surface area contributed by atoms with Gasteiger partial charge in [-0.25, -0.2) is 4.98 Å². The number of aromatic nitrogens is 2. The van der Waals surface area contributed by atoms with Crippen LogP contribution in [0, 0.1) is 6.92 Å². The lowest BCUT2D eigenvalue weighted by atomic mass is 9.94. The van der Waals surface area contributed by atoms with Crippen molar-refractivity contribution in [2.75, 3.05) is 7.05 Å². The summed E-state index contributed by atoms with van der Waals surface area (Å²) in [6, 6.07) is 17.4. The summed E-state index contributed by atoms with van der Waals surface area (Å²) in [5, 5.41) is 0. The predicted octanol–water partition coefficient (Wildman–Crippen LogP) is 5.65. The molecule has 5 heteroatoms. The van der Waals surface area contributed by atoms with E-state index in [4.69, 9.17) is 4.74 Å². The minimum Gasteiger partial charge on any atom is -0.439 e. The van der Waals surface area contributed by atoms with Gasteiger partial charge in [-0.2, -0.15) is 4.98 Å². The first-order chi connectivity index (χ1) is 14.6. The first-order valence-electron chi connectivity index (χ1n) is 10.6. The molecule has 1 aliphatic carbocycles. The summed E-state index contributed by atoms with van der Waals surface area (Å²) in [4.78, 5) is 23.7. The molecule has 1 aromatic heterocycles. The van der Waals surface area contributed by atoms with Gasteiger partial charge >= 0.3 is 0 Å². The number of benzene rings is 2. The van der Waals surface area contributed by atoms with Gasteiger partial charge in [0.1, 0.15) is 5.75 Å². The Balaban J connectivity index is 1.50. The van der Waals surface area contributed by atoms with Crippen molar-refractivity contribution in [3.8, 4) is 23.0 Å². The van der Waals surface area contributed by atoms with Crippen LogP contribution in [0.1, 0.15) is 48.0 Å². The molecule has 0 spiro atoms. The lowest BCUT2D eigenvalue weighted by Crippen LogP contribution is -2.38. The largest absolute Gasteiger partial charge is 0.439 e. The number of carbonyl (C=O) groups is 1. The maximum absolute atomic E-state index is 13.0. The first kappa shape index (κ1) is 20.1. The first-order valence-corrected chi connectivity index (χ1v) is 10.6. The van der Waals surface area contributed by atoms with Crippen molar-refractivity contribution in [2.24, 2.45) is 0 Å². The van der Waals surface area contributed by atoms with Crippen molar-refractivity contribution in [1.29, 1.82) is 0 Å². The van der Waals surface area contributed by atoms with E-state index in [9.17, 15) is 4.79 Å². The highest BCUT2D eigenvalue weighted by molar-refractivity contribution is 5.94. The molecule has 1 saturated carbocycles. The quantitative estimate of drug-likeness (QED) is 0.554. The number of ether oxygens (including phenoxy) is 1. The van der Waals surface area contributed by atoms with E-state index in [1.807, 2.05) is 61.3 Å². The summed E-state index contributed by atoms with van der Waals surface area (Å²) in [5.74, 6) is 1.68. The zero-order valence-corrected chi connectivity index (χ0v) is 17.5. The van der Waals surface area contributed by atoms with Crippen molar-refractivity contribution in [1.82, 2.24) is 14.9 Å². The second kappa shape index (κ2) is 9.08.